The summed E-state index contributed by atoms with van der Waals surface area (Å²) >= 11 is 1.55. The standard InChI is InChI=1S/C17H19N7O3S/c1-17(2)11(13-20-22-23-21-13)24-15(27)10(16(24)28-17)19-14(26)9(12(18)25)8-6-4-3-5-7-8/h3-7,9-11,16H,1-2H3,(H2,18,25)(H,19,26)(H,20,21,22,23). The Morgan fingerprint density at radius 3 is 2.64 bits per heavy atom. The molecule has 0 bridgehead atoms. The summed E-state index contributed by atoms with van der Waals surface area (Å²) in [5, 5.41) is 16.5. The molecule has 2 aromatic rings. The number of rotatable bonds is 5. The molecule has 0 spiro atoms. The van der Waals surface area contributed by atoms with Gasteiger partial charge < -0.3 is 16.0 Å². The van der Waals surface area contributed by atoms with Crippen LogP contribution in [0.4, 0.5) is 0 Å². The number of nitrogens with one attached hydrogen (secondary N) is 2. The molecule has 10 nitrogen and oxygen atoms in total. The number of thioether (sulfide) groups is 1. The van der Waals surface area contributed by atoms with Crippen molar-refractivity contribution in [1.82, 2.24) is 30.8 Å². The Labute approximate surface area is 164 Å². The van der Waals surface area contributed by atoms with Crippen molar-refractivity contribution in [2.24, 2.45) is 5.73 Å². The van der Waals surface area contributed by atoms with Crippen LogP contribution in [0, 0.1) is 0 Å². The third-order valence-corrected chi connectivity index (χ3v) is 6.60. The molecule has 146 valence electrons. The average molecular weight is 401 g/mol. The van der Waals surface area contributed by atoms with E-state index in [1.165, 1.54) is 0 Å². The minimum absolute atomic E-state index is 0.248. The molecular formula is C17H19N7O3S. The predicted molar refractivity (Wildman–Crippen MR) is 99.5 cm³/mol. The summed E-state index contributed by atoms with van der Waals surface area (Å²) in [5.41, 5.74) is 5.93. The minimum atomic E-state index is -1.16. The van der Waals surface area contributed by atoms with E-state index in [1.54, 1.807) is 47.0 Å². The van der Waals surface area contributed by atoms with Crippen molar-refractivity contribution in [2.45, 2.75) is 42.0 Å². The van der Waals surface area contributed by atoms with Gasteiger partial charge in [-0.3, -0.25) is 14.4 Å². The lowest BCUT2D eigenvalue weighted by Gasteiger charge is -2.44. The molecule has 1 aromatic carbocycles. The number of amides is 3. The quantitative estimate of drug-likeness (QED) is 0.460. The van der Waals surface area contributed by atoms with Crippen LogP contribution in [-0.4, -0.2) is 59.4 Å². The van der Waals surface area contributed by atoms with Crippen molar-refractivity contribution in [3.05, 3.63) is 41.7 Å². The molecular weight excluding hydrogens is 382 g/mol. The molecule has 0 radical (unpaired) electrons. The van der Waals surface area contributed by atoms with Crippen LogP contribution in [0.5, 0.6) is 0 Å². The van der Waals surface area contributed by atoms with Crippen LogP contribution in [0.2, 0.25) is 0 Å². The second-order valence-electron chi connectivity index (χ2n) is 7.26. The third kappa shape index (κ3) is 2.82. The van der Waals surface area contributed by atoms with E-state index in [0.29, 0.717) is 11.4 Å². The molecule has 28 heavy (non-hydrogen) atoms. The number of nitrogens with zero attached hydrogens (tertiary/aromatic N) is 4. The molecule has 2 aliphatic heterocycles. The lowest BCUT2D eigenvalue weighted by molar-refractivity contribution is -0.152. The first kappa shape index (κ1) is 18.4. The van der Waals surface area contributed by atoms with E-state index in [4.69, 9.17) is 5.73 Å². The molecule has 2 aliphatic rings. The number of carbonyl (C=O) groups is 3. The smallest absolute Gasteiger partial charge is 0.249 e. The molecule has 4 atom stereocenters. The predicted octanol–water partition coefficient (Wildman–Crippen LogP) is -0.312. The maximum atomic E-state index is 12.8. The topological polar surface area (TPSA) is 147 Å². The Hall–Kier alpha value is -2.95. The van der Waals surface area contributed by atoms with Crippen LogP contribution in [0.25, 0.3) is 0 Å². The van der Waals surface area contributed by atoms with Gasteiger partial charge >= 0.3 is 0 Å². The van der Waals surface area contributed by atoms with E-state index < -0.39 is 23.8 Å². The zero-order valence-electron chi connectivity index (χ0n) is 15.2. The Morgan fingerprint density at radius 1 is 1.32 bits per heavy atom. The molecule has 3 amide bonds. The first-order chi connectivity index (χ1) is 13.3. The first-order valence-corrected chi connectivity index (χ1v) is 9.57. The summed E-state index contributed by atoms with van der Waals surface area (Å²) in [6.07, 6.45) is 0. The van der Waals surface area contributed by atoms with Gasteiger partial charge in [0.05, 0.1) is 0 Å². The number of β-lactam (4-membered cyclic amide) rings is 1. The van der Waals surface area contributed by atoms with Crippen molar-refractivity contribution in [2.75, 3.05) is 0 Å². The Morgan fingerprint density at radius 2 is 2.04 bits per heavy atom. The number of tetrazole rings is 1. The van der Waals surface area contributed by atoms with E-state index in [-0.39, 0.29) is 22.1 Å². The fraction of sp³-hybridized carbons (Fsp3) is 0.412. The highest BCUT2D eigenvalue weighted by atomic mass is 32.2. The fourth-order valence-corrected chi connectivity index (χ4v) is 5.41. The SMILES string of the molecule is CC1(C)SC2C(NC(=O)C(C(N)=O)c3ccccc3)C(=O)N2C1c1nn[nH]n1. The number of H-pyrrole nitrogens is 1. The maximum absolute atomic E-state index is 12.8. The molecule has 2 fully saturated rings. The molecule has 0 aliphatic carbocycles. The maximum Gasteiger partial charge on any atom is 0.249 e. The molecule has 4 unspecified atom stereocenters. The monoisotopic (exact) mass is 401 g/mol. The second kappa shape index (κ2) is 6.59. The van der Waals surface area contributed by atoms with Crippen LogP contribution in [-0.2, 0) is 14.4 Å². The summed E-state index contributed by atoms with van der Waals surface area (Å²) in [6.45, 7) is 3.97. The summed E-state index contributed by atoms with van der Waals surface area (Å²) in [7, 11) is 0. The third-order valence-electron chi connectivity index (χ3n) is 5.02. The number of nitrogens with two attached hydrogens (primary N) is 1. The number of fused-ring (bicyclic) bond motifs is 1. The zero-order chi connectivity index (χ0) is 20.1. The van der Waals surface area contributed by atoms with Crippen molar-refractivity contribution in [3.63, 3.8) is 0 Å². The van der Waals surface area contributed by atoms with Gasteiger partial charge in [0.15, 0.2) is 5.82 Å². The van der Waals surface area contributed by atoms with Crippen molar-refractivity contribution >= 4 is 29.5 Å². The Balaban J connectivity index is 1.54. The van der Waals surface area contributed by atoms with E-state index in [9.17, 15) is 14.4 Å². The lowest BCUT2D eigenvalue weighted by Crippen LogP contribution is -2.68. The number of benzene rings is 1. The van der Waals surface area contributed by atoms with Gasteiger partial charge in [-0.1, -0.05) is 35.5 Å². The van der Waals surface area contributed by atoms with Crippen LogP contribution in [0.15, 0.2) is 30.3 Å². The summed E-state index contributed by atoms with van der Waals surface area (Å²) in [4.78, 5) is 39.1. The van der Waals surface area contributed by atoms with Gasteiger partial charge in [0.25, 0.3) is 0 Å². The van der Waals surface area contributed by atoms with E-state index in [0.717, 1.165) is 0 Å². The van der Waals surface area contributed by atoms with Gasteiger partial charge in [-0.15, -0.1) is 22.0 Å². The largest absolute Gasteiger partial charge is 0.369 e. The van der Waals surface area contributed by atoms with Gasteiger partial charge in [0.2, 0.25) is 17.7 Å². The highest BCUT2D eigenvalue weighted by Gasteiger charge is 2.63. The van der Waals surface area contributed by atoms with Crippen LogP contribution in [0.1, 0.15) is 37.2 Å². The number of carbonyl (C=O) groups excluding carboxylic acids is 3. The molecule has 1 aromatic heterocycles. The average Bonchev–Trinajstić information content (AvgIpc) is 3.24. The van der Waals surface area contributed by atoms with E-state index in [2.05, 4.69) is 25.9 Å². The lowest BCUT2D eigenvalue weighted by atomic mass is 9.93. The number of hydrogen-bond acceptors (Lipinski definition) is 7. The molecule has 0 saturated carbocycles. The molecule has 4 rings (SSSR count). The normalized spacial score (nSPS) is 26.3. The summed E-state index contributed by atoms with van der Waals surface area (Å²) in [5.74, 6) is -2.33. The number of aromatic amines is 1. The second-order valence-corrected chi connectivity index (χ2v) is 9.03. The molecule has 4 N–H and O–H groups in total. The van der Waals surface area contributed by atoms with E-state index in [1.807, 2.05) is 13.8 Å². The highest BCUT2D eigenvalue weighted by Crippen LogP contribution is 2.56. The molecule has 11 heteroatoms. The molecule has 3 heterocycles. The van der Waals surface area contributed by atoms with E-state index >= 15 is 0 Å². The first-order valence-electron chi connectivity index (χ1n) is 8.69. The zero-order valence-corrected chi connectivity index (χ0v) is 16.0. The van der Waals surface area contributed by atoms with Crippen LogP contribution >= 0.6 is 11.8 Å². The Bertz CT molecular complexity index is 918. The van der Waals surface area contributed by atoms with Gasteiger partial charge in [0.1, 0.15) is 23.4 Å². The van der Waals surface area contributed by atoms with Crippen molar-refractivity contribution in [1.29, 1.82) is 0 Å². The Kier molecular flexibility index (Phi) is 4.33. The number of primary amides is 1. The van der Waals surface area contributed by atoms with Gasteiger partial charge in [-0.05, 0) is 19.4 Å². The summed E-state index contributed by atoms with van der Waals surface area (Å²) in [6, 6.07) is 7.44. The van der Waals surface area contributed by atoms with Crippen molar-refractivity contribution in [3.8, 4) is 0 Å². The van der Waals surface area contributed by atoms with Gasteiger partial charge in [0, 0.05) is 4.75 Å². The van der Waals surface area contributed by atoms with Crippen LogP contribution < -0.4 is 11.1 Å². The number of aromatic nitrogens is 4. The fourth-order valence-electron chi connectivity index (χ4n) is 3.78. The van der Waals surface area contributed by atoms with Gasteiger partial charge in [-0.2, -0.15) is 5.21 Å². The van der Waals surface area contributed by atoms with Gasteiger partial charge in [-0.25, -0.2) is 0 Å². The van der Waals surface area contributed by atoms with Crippen molar-refractivity contribution < 1.29 is 14.4 Å². The molecule has 2 saturated heterocycles. The highest BCUT2D eigenvalue weighted by molar-refractivity contribution is 8.01. The number of hydrogen-bond donors (Lipinski definition) is 3. The minimum Gasteiger partial charge on any atom is -0.369 e. The van der Waals surface area contributed by atoms with Crippen LogP contribution in [0.3, 0.4) is 0 Å². The summed E-state index contributed by atoms with van der Waals surface area (Å²) < 4.78 is -0.369.